The molecule has 5 nitrogen and oxygen atoms in total. The fourth-order valence-electron chi connectivity index (χ4n) is 3.68. The molecule has 2 fully saturated rings. The van der Waals surface area contributed by atoms with E-state index in [2.05, 4.69) is 15.6 Å². The predicted octanol–water partition coefficient (Wildman–Crippen LogP) is 2.74. The Morgan fingerprint density at radius 3 is 2.71 bits per heavy atom. The maximum absolute atomic E-state index is 12.9. The molecular weight excluding hydrogens is 302 g/mol. The summed E-state index contributed by atoms with van der Waals surface area (Å²) in [5.74, 6) is 0.460. The summed E-state index contributed by atoms with van der Waals surface area (Å²) in [6.45, 7) is 0.740. The van der Waals surface area contributed by atoms with Gasteiger partial charge in [-0.3, -0.25) is 9.59 Å². The standard InChI is InChI=1S/C19H23N3O2/c23-17(15-4-3-5-16-14(15)8-11-20-16)22-19(9-1-2-10-19)18(24)21-12-13-6-7-13/h3-5,8,11,13,20H,1-2,6-7,9-10,12H2,(H,21,24)(H,22,23). The number of amides is 2. The summed E-state index contributed by atoms with van der Waals surface area (Å²) >= 11 is 0. The lowest BCUT2D eigenvalue weighted by Crippen LogP contribution is -2.57. The zero-order valence-corrected chi connectivity index (χ0v) is 13.7. The quantitative estimate of drug-likeness (QED) is 0.791. The normalized spacial score (nSPS) is 19.3. The van der Waals surface area contributed by atoms with Crippen LogP contribution in [0.1, 0.15) is 48.9 Å². The van der Waals surface area contributed by atoms with Gasteiger partial charge in [-0.15, -0.1) is 0 Å². The lowest BCUT2D eigenvalue weighted by atomic mass is 9.95. The van der Waals surface area contributed by atoms with E-state index in [1.54, 1.807) is 0 Å². The third-order valence-electron chi connectivity index (χ3n) is 5.33. The van der Waals surface area contributed by atoms with E-state index in [0.29, 0.717) is 11.5 Å². The zero-order valence-electron chi connectivity index (χ0n) is 13.7. The molecule has 3 N–H and O–H groups in total. The van der Waals surface area contributed by atoms with Crippen LogP contribution in [0.25, 0.3) is 10.9 Å². The van der Waals surface area contributed by atoms with Gasteiger partial charge < -0.3 is 15.6 Å². The van der Waals surface area contributed by atoms with Crippen molar-refractivity contribution in [1.29, 1.82) is 0 Å². The van der Waals surface area contributed by atoms with Crippen LogP contribution in [0.2, 0.25) is 0 Å². The number of aromatic nitrogens is 1. The molecule has 24 heavy (non-hydrogen) atoms. The van der Waals surface area contributed by atoms with Gasteiger partial charge in [-0.25, -0.2) is 0 Å². The van der Waals surface area contributed by atoms with Crippen LogP contribution in [0.3, 0.4) is 0 Å². The van der Waals surface area contributed by atoms with Crippen molar-refractivity contribution >= 4 is 22.7 Å². The van der Waals surface area contributed by atoms with Crippen molar-refractivity contribution in [2.75, 3.05) is 6.54 Å². The molecule has 2 aliphatic carbocycles. The number of benzene rings is 1. The fraction of sp³-hybridized carbons (Fsp3) is 0.474. The molecule has 1 heterocycles. The molecule has 0 spiro atoms. The molecule has 2 aliphatic rings. The highest BCUT2D eigenvalue weighted by atomic mass is 16.2. The molecule has 2 aromatic rings. The smallest absolute Gasteiger partial charge is 0.252 e. The fourth-order valence-corrected chi connectivity index (χ4v) is 3.68. The summed E-state index contributed by atoms with van der Waals surface area (Å²) in [6, 6.07) is 7.52. The Morgan fingerprint density at radius 1 is 1.17 bits per heavy atom. The highest BCUT2D eigenvalue weighted by Crippen LogP contribution is 2.32. The SMILES string of the molecule is O=C(NC1(C(=O)NCC2CC2)CCCC1)c1cccc2[nH]ccc12. The van der Waals surface area contributed by atoms with E-state index in [1.807, 2.05) is 30.5 Å². The molecule has 2 amide bonds. The molecule has 0 bridgehead atoms. The Hall–Kier alpha value is -2.30. The Kier molecular flexibility index (Phi) is 3.79. The van der Waals surface area contributed by atoms with Crippen LogP contribution in [0.15, 0.2) is 30.5 Å². The monoisotopic (exact) mass is 325 g/mol. The summed E-state index contributed by atoms with van der Waals surface area (Å²) in [5, 5.41) is 7.02. The van der Waals surface area contributed by atoms with Crippen LogP contribution >= 0.6 is 0 Å². The second-order valence-corrected chi connectivity index (χ2v) is 7.14. The average Bonchev–Trinajstić information content (AvgIpc) is 3.08. The van der Waals surface area contributed by atoms with E-state index in [9.17, 15) is 9.59 Å². The summed E-state index contributed by atoms with van der Waals surface area (Å²) in [5.41, 5.74) is 0.807. The number of carbonyl (C=O) groups excluding carboxylic acids is 2. The van der Waals surface area contributed by atoms with E-state index >= 15 is 0 Å². The van der Waals surface area contributed by atoms with Crippen LogP contribution in [0.5, 0.6) is 0 Å². The van der Waals surface area contributed by atoms with Crippen LogP contribution in [-0.2, 0) is 4.79 Å². The van der Waals surface area contributed by atoms with Crippen molar-refractivity contribution in [3.05, 3.63) is 36.0 Å². The van der Waals surface area contributed by atoms with Gasteiger partial charge in [-0.1, -0.05) is 18.9 Å². The van der Waals surface area contributed by atoms with Crippen molar-refractivity contribution < 1.29 is 9.59 Å². The number of hydrogen-bond donors (Lipinski definition) is 3. The van der Waals surface area contributed by atoms with Gasteiger partial charge in [0.15, 0.2) is 0 Å². The van der Waals surface area contributed by atoms with Crippen molar-refractivity contribution in [3.8, 4) is 0 Å². The minimum atomic E-state index is -0.746. The van der Waals surface area contributed by atoms with E-state index in [4.69, 9.17) is 0 Å². The molecule has 0 atom stereocenters. The van der Waals surface area contributed by atoms with Crippen LogP contribution in [0, 0.1) is 5.92 Å². The summed E-state index contributed by atoms with van der Waals surface area (Å²) in [7, 11) is 0. The Bertz CT molecular complexity index is 770. The third kappa shape index (κ3) is 2.79. The molecule has 2 saturated carbocycles. The summed E-state index contributed by atoms with van der Waals surface area (Å²) in [6.07, 6.45) is 7.63. The zero-order chi connectivity index (χ0) is 16.6. The minimum absolute atomic E-state index is 0.0125. The van der Waals surface area contributed by atoms with Crippen molar-refractivity contribution in [2.45, 2.75) is 44.1 Å². The first kappa shape index (κ1) is 15.2. The molecular formula is C19H23N3O2. The average molecular weight is 325 g/mol. The molecule has 0 aliphatic heterocycles. The third-order valence-corrected chi connectivity index (χ3v) is 5.33. The number of fused-ring (bicyclic) bond motifs is 1. The summed E-state index contributed by atoms with van der Waals surface area (Å²) in [4.78, 5) is 28.7. The molecule has 1 aromatic heterocycles. The molecule has 0 radical (unpaired) electrons. The lowest BCUT2D eigenvalue weighted by Gasteiger charge is -2.29. The summed E-state index contributed by atoms with van der Waals surface area (Å²) < 4.78 is 0. The first-order valence-electron chi connectivity index (χ1n) is 8.85. The van der Waals surface area contributed by atoms with Gasteiger partial charge >= 0.3 is 0 Å². The van der Waals surface area contributed by atoms with E-state index in [0.717, 1.165) is 43.1 Å². The Balaban J connectivity index is 1.54. The van der Waals surface area contributed by atoms with E-state index < -0.39 is 5.54 Å². The maximum Gasteiger partial charge on any atom is 0.252 e. The van der Waals surface area contributed by atoms with Gasteiger partial charge in [0.2, 0.25) is 5.91 Å². The molecule has 4 rings (SSSR count). The maximum atomic E-state index is 12.9. The largest absolute Gasteiger partial charge is 0.361 e. The minimum Gasteiger partial charge on any atom is -0.361 e. The number of rotatable bonds is 5. The van der Waals surface area contributed by atoms with Gasteiger partial charge in [-0.2, -0.15) is 0 Å². The first-order valence-corrected chi connectivity index (χ1v) is 8.85. The van der Waals surface area contributed by atoms with Gasteiger partial charge in [-0.05, 0) is 49.8 Å². The number of hydrogen-bond acceptors (Lipinski definition) is 2. The second-order valence-electron chi connectivity index (χ2n) is 7.14. The molecule has 0 unspecified atom stereocenters. The van der Waals surface area contributed by atoms with Crippen LogP contribution in [0.4, 0.5) is 0 Å². The Labute approximate surface area is 141 Å². The van der Waals surface area contributed by atoms with Gasteiger partial charge in [0.1, 0.15) is 5.54 Å². The lowest BCUT2D eigenvalue weighted by molar-refractivity contribution is -0.127. The van der Waals surface area contributed by atoms with Gasteiger partial charge in [0.05, 0.1) is 0 Å². The van der Waals surface area contributed by atoms with Gasteiger partial charge in [0.25, 0.3) is 5.91 Å². The number of H-pyrrole nitrogens is 1. The highest BCUT2D eigenvalue weighted by Gasteiger charge is 2.43. The molecule has 1 aromatic carbocycles. The first-order chi connectivity index (χ1) is 11.7. The van der Waals surface area contributed by atoms with Gasteiger partial charge in [0, 0.05) is 29.2 Å². The van der Waals surface area contributed by atoms with Crippen LogP contribution < -0.4 is 10.6 Å². The van der Waals surface area contributed by atoms with Crippen molar-refractivity contribution in [2.24, 2.45) is 5.92 Å². The van der Waals surface area contributed by atoms with Crippen molar-refractivity contribution in [3.63, 3.8) is 0 Å². The van der Waals surface area contributed by atoms with Crippen LogP contribution in [-0.4, -0.2) is 28.9 Å². The second kappa shape index (κ2) is 5.96. The Morgan fingerprint density at radius 2 is 1.96 bits per heavy atom. The van der Waals surface area contributed by atoms with Crippen molar-refractivity contribution in [1.82, 2.24) is 15.6 Å². The van der Waals surface area contributed by atoms with E-state index in [1.165, 1.54) is 12.8 Å². The topological polar surface area (TPSA) is 74.0 Å². The van der Waals surface area contributed by atoms with E-state index in [-0.39, 0.29) is 11.8 Å². The number of carbonyl (C=O) groups is 2. The molecule has 0 saturated heterocycles. The highest BCUT2D eigenvalue weighted by molar-refractivity contribution is 6.08. The number of aromatic amines is 1. The number of nitrogens with one attached hydrogen (secondary N) is 3. The molecule has 5 heteroatoms. The predicted molar refractivity (Wildman–Crippen MR) is 92.7 cm³/mol. The molecule has 126 valence electrons.